The van der Waals surface area contributed by atoms with Crippen LogP contribution in [0.5, 0.6) is 0 Å². The van der Waals surface area contributed by atoms with Gasteiger partial charge in [0.2, 0.25) is 0 Å². The molecule has 0 spiro atoms. The number of halogens is 2. The molecule has 1 aliphatic heterocycles. The predicted octanol–water partition coefficient (Wildman–Crippen LogP) is 3.95. The number of alkyl halides is 2. The van der Waals surface area contributed by atoms with E-state index in [9.17, 15) is 17.2 Å². The number of rotatable bonds is 5. The zero-order valence-electron chi connectivity index (χ0n) is 17.1. The average Bonchev–Trinajstić information content (AvgIpc) is 2.66. The zero-order valence-corrected chi connectivity index (χ0v) is 18.0. The van der Waals surface area contributed by atoms with E-state index in [1.165, 1.54) is 18.5 Å². The van der Waals surface area contributed by atoms with Gasteiger partial charge in [-0.15, -0.1) is 0 Å². The topological polar surface area (TPSA) is 53.5 Å². The van der Waals surface area contributed by atoms with Crippen molar-refractivity contribution in [1.29, 1.82) is 0 Å². The van der Waals surface area contributed by atoms with Crippen molar-refractivity contribution < 1.29 is 17.2 Å². The van der Waals surface area contributed by atoms with Crippen molar-refractivity contribution in [3.8, 4) is 0 Å². The summed E-state index contributed by atoms with van der Waals surface area (Å²) in [7, 11) is -3.27. The molecule has 1 unspecified atom stereocenters. The predicted molar refractivity (Wildman–Crippen MR) is 112 cm³/mol. The van der Waals surface area contributed by atoms with Gasteiger partial charge in [-0.2, -0.15) is 0 Å². The largest absolute Gasteiger partial charge is 0.368 e. The van der Waals surface area contributed by atoms with Gasteiger partial charge in [0.1, 0.15) is 5.82 Å². The Morgan fingerprint density at radius 2 is 1.90 bits per heavy atom. The monoisotopic (exact) mass is 423 g/mol. The van der Waals surface area contributed by atoms with Crippen LogP contribution in [0.4, 0.5) is 20.3 Å². The minimum Gasteiger partial charge on any atom is -0.368 e. The first-order chi connectivity index (χ1) is 13.5. The summed E-state index contributed by atoms with van der Waals surface area (Å²) in [6, 6.07) is 10.2. The Morgan fingerprint density at radius 3 is 2.45 bits per heavy atom. The molecule has 0 saturated carbocycles. The molecule has 0 aliphatic carbocycles. The van der Waals surface area contributed by atoms with Gasteiger partial charge in [0, 0.05) is 50.3 Å². The molecular formula is C21H27F2N3O2S. The maximum absolute atomic E-state index is 13.5. The van der Waals surface area contributed by atoms with Gasteiger partial charge >= 0.3 is 0 Å². The fourth-order valence-corrected chi connectivity index (χ4v) is 4.29. The number of piperazine rings is 1. The SMILES string of the molecule is CC(C)C1CN(c2cccc(S(C)(=O)=O)c2)CCN1c1ccc(C(C)(F)F)cn1. The second kappa shape index (κ2) is 7.89. The van der Waals surface area contributed by atoms with Crippen LogP contribution in [0.2, 0.25) is 0 Å². The molecule has 1 aromatic carbocycles. The molecule has 1 aromatic heterocycles. The van der Waals surface area contributed by atoms with Crippen LogP contribution in [0, 0.1) is 5.92 Å². The van der Waals surface area contributed by atoms with E-state index in [1.54, 1.807) is 24.3 Å². The van der Waals surface area contributed by atoms with Crippen molar-refractivity contribution >= 4 is 21.3 Å². The van der Waals surface area contributed by atoms with Gasteiger partial charge in [-0.25, -0.2) is 22.2 Å². The zero-order chi connectivity index (χ0) is 21.4. The minimum atomic E-state index is -3.27. The molecule has 29 heavy (non-hydrogen) atoms. The molecule has 5 nitrogen and oxygen atoms in total. The Labute approximate surface area is 171 Å². The first-order valence-electron chi connectivity index (χ1n) is 9.63. The summed E-state index contributed by atoms with van der Waals surface area (Å²) in [5.74, 6) is -1.93. The summed E-state index contributed by atoms with van der Waals surface area (Å²) in [5, 5.41) is 0. The highest BCUT2D eigenvalue weighted by Crippen LogP contribution is 2.30. The van der Waals surface area contributed by atoms with Crippen LogP contribution in [0.25, 0.3) is 0 Å². The highest BCUT2D eigenvalue weighted by molar-refractivity contribution is 7.90. The number of hydrogen-bond donors (Lipinski definition) is 0. The lowest BCUT2D eigenvalue weighted by molar-refractivity contribution is 0.0171. The number of hydrogen-bond acceptors (Lipinski definition) is 5. The van der Waals surface area contributed by atoms with Crippen LogP contribution in [-0.2, 0) is 15.8 Å². The number of nitrogens with zero attached hydrogens (tertiary/aromatic N) is 3. The minimum absolute atomic E-state index is 0.0985. The standard InChI is InChI=1S/C21H27F2N3O2S/c1-15(2)19-14-25(17-6-5-7-18(12-17)29(4,27)28)10-11-26(19)20-9-8-16(13-24-20)21(3,22)23/h5-9,12-13,15,19H,10-11,14H2,1-4H3. The first-order valence-corrected chi connectivity index (χ1v) is 11.5. The third-order valence-corrected chi connectivity index (χ3v) is 6.46. The van der Waals surface area contributed by atoms with Crippen LogP contribution < -0.4 is 9.80 Å². The van der Waals surface area contributed by atoms with Crippen LogP contribution in [0.15, 0.2) is 47.5 Å². The Kier molecular flexibility index (Phi) is 5.85. The Hall–Kier alpha value is -2.22. The summed E-state index contributed by atoms with van der Waals surface area (Å²) in [6.45, 7) is 7.14. The second-order valence-corrected chi connectivity index (χ2v) is 10.0. The smallest absolute Gasteiger partial charge is 0.272 e. The van der Waals surface area contributed by atoms with Gasteiger partial charge in [-0.05, 0) is 36.2 Å². The number of benzene rings is 1. The average molecular weight is 424 g/mol. The van der Waals surface area contributed by atoms with Crippen LogP contribution >= 0.6 is 0 Å². The van der Waals surface area contributed by atoms with Gasteiger partial charge in [0.05, 0.1) is 10.9 Å². The van der Waals surface area contributed by atoms with Gasteiger partial charge in [-0.1, -0.05) is 19.9 Å². The molecule has 1 atom stereocenters. The Bertz CT molecular complexity index is 957. The van der Waals surface area contributed by atoms with E-state index in [0.29, 0.717) is 36.3 Å². The number of aromatic nitrogens is 1. The molecule has 8 heteroatoms. The molecular weight excluding hydrogens is 396 g/mol. The molecule has 1 fully saturated rings. The van der Waals surface area contributed by atoms with Crippen LogP contribution in [0.3, 0.4) is 0 Å². The van der Waals surface area contributed by atoms with Crippen molar-refractivity contribution in [2.45, 2.75) is 37.6 Å². The third-order valence-electron chi connectivity index (χ3n) is 5.35. The molecule has 0 radical (unpaired) electrons. The number of sulfone groups is 1. The third kappa shape index (κ3) is 4.86. The quantitative estimate of drug-likeness (QED) is 0.729. The van der Waals surface area contributed by atoms with Crippen molar-refractivity contribution in [1.82, 2.24) is 4.98 Å². The maximum Gasteiger partial charge on any atom is 0.272 e. The summed E-state index contributed by atoms with van der Waals surface area (Å²) < 4.78 is 50.7. The molecule has 158 valence electrons. The van der Waals surface area contributed by atoms with E-state index >= 15 is 0 Å². The fourth-order valence-electron chi connectivity index (χ4n) is 3.63. The Balaban J connectivity index is 1.84. The second-order valence-electron chi connectivity index (χ2n) is 8.01. The van der Waals surface area contributed by atoms with Crippen molar-refractivity contribution in [2.24, 2.45) is 5.92 Å². The van der Waals surface area contributed by atoms with E-state index in [1.807, 2.05) is 6.07 Å². The van der Waals surface area contributed by atoms with E-state index in [4.69, 9.17) is 0 Å². The summed E-state index contributed by atoms with van der Waals surface area (Å²) in [6.07, 6.45) is 2.45. The Morgan fingerprint density at radius 1 is 1.17 bits per heavy atom. The van der Waals surface area contributed by atoms with Crippen molar-refractivity contribution in [3.63, 3.8) is 0 Å². The number of anilines is 2. The lowest BCUT2D eigenvalue weighted by Gasteiger charge is -2.45. The molecule has 1 aliphatic rings. The van der Waals surface area contributed by atoms with Gasteiger partial charge < -0.3 is 9.80 Å². The van der Waals surface area contributed by atoms with Crippen molar-refractivity contribution in [3.05, 3.63) is 48.2 Å². The first kappa shape index (κ1) is 21.5. The molecule has 0 bridgehead atoms. The van der Waals surface area contributed by atoms with E-state index in [2.05, 4.69) is 28.6 Å². The van der Waals surface area contributed by atoms with Gasteiger partial charge in [0.15, 0.2) is 9.84 Å². The van der Waals surface area contributed by atoms with Crippen molar-refractivity contribution in [2.75, 3.05) is 35.7 Å². The van der Waals surface area contributed by atoms with E-state index in [0.717, 1.165) is 12.6 Å². The lowest BCUT2D eigenvalue weighted by atomic mass is 9.99. The van der Waals surface area contributed by atoms with Crippen LogP contribution in [-0.4, -0.2) is 45.3 Å². The molecule has 3 rings (SSSR count). The molecule has 2 aromatic rings. The van der Waals surface area contributed by atoms with E-state index in [-0.39, 0.29) is 11.6 Å². The highest BCUT2D eigenvalue weighted by atomic mass is 32.2. The summed E-state index contributed by atoms with van der Waals surface area (Å²) in [4.78, 5) is 8.92. The summed E-state index contributed by atoms with van der Waals surface area (Å²) in [5.41, 5.74) is 0.769. The van der Waals surface area contributed by atoms with Gasteiger partial charge in [0.25, 0.3) is 5.92 Å². The maximum atomic E-state index is 13.5. The van der Waals surface area contributed by atoms with Gasteiger partial charge in [-0.3, -0.25) is 0 Å². The normalized spacial score (nSPS) is 18.4. The molecule has 2 heterocycles. The lowest BCUT2D eigenvalue weighted by Crippen LogP contribution is -2.55. The molecule has 0 N–H and O–H groups in total. The van der Waals surface area contributed by atoms with E-state index < -0.39 is 15.8 Å². The highest BCUT2D eigenvalue weighted by Gasteiger charge is 2.31. The number of pyridine rings is 1. The fraction of sp³-hybridized carbons (Fsp3) is 0.476. The van der Waals surface area contributed by atoms with Crippen LogP contribution in [0.1, 0.15) is 26.3 Å². The molecule has 0 amide bonds. The summed E-state index contributed by atoms with van der Waals surface area (Å²) >= 11 is 0. The molecule has 1 saturated heterocycles.